The van der Waals surface area contributed by atoms with Crippen molar-refractivity contribution in [2.75, 3.05) is 19.6 Å². The van der Waals surface area contributed by atoms with Crippen molar-refractivity contribution < 1.29 is 14.7 Å². The summed E-state index contributed by atoms with van der Waals surface area (Å²) in [5, 5.41) is 11.5. The molecule has 0 aliphatic carbocycles. The SMILES string of the molecule is CCC(CC(=O)O)NC(=O)CCN1CCCCC1. The van der Waals surface area contributed by atoms with Crippen LogP contribution >= 0.6 is 0 Å². The lowest BCUT2D eigenvalue weighted by Gasteiger charge is -2.26. The molecule has 5 nitrogen and oxygen atoms in total. The van der Waals surface area contributed by atoms with E-state index < -0.39 is 5.97 Å². The van der Waals surface area contributed by atoms with Crippen molar-refractivity contribution in [2.45, 2.75) is 51.5 Å². The maximum absolute atomic E-state index is 11.7. The van der Waals surface area contributed by atoms with E-state index in [0.29, 0.717) is 12.8 Å². The summed E-state index contributed by atoms with van der Waals surface area (Å²) in [5.74, 6) is -0.896. The number of piperidine rings is 1. The maximum atomic E-state index is 11.7. The van der Waals surface area contributed by atoms with Gasteiger partial charge in [-0.2, -0.15) is 0 Å². The number of carbonyl (C=O) groups is 2. The third-order valence-corrected chi connectivity index (χ3v) is 3.38. The minimum Gasteiger partial charge on any atom is -0.481 e. The largest absolute Gasteiger partial charge is 0.481 e. The quantitative estimate of drug-likeness (QED) is 0.719. The summed E-state index contributed by atoms with van der Waals surface area (Å²) in [6.45, 7) is 4.84. The molecule has 0 radical (unpaired) electrons. The van der Waals surface area contributed by atoms with E-state index in [1.54, 1.807) is 0 Å². The Morgan fingerprint density at radius 3 is 2.50 bits per heavy atom. The number of carbonyl (C=O) groups excluding carboxylic acids is 1. The molecule has 1 unspecified atom stereocenters. The predicted octanol–water partition coefficient (Wildman–Crippen LogP) is 1.23. The van der Waals surface area contributed by atoms with Crippen LogP contribution in [0, 0.1) is 0 Å². The average molecular weight is 256 g/mol. The molecular formula is C13H24N2O3. The first-order valence-electron chi connectivity index (χ1n) is 6.85. The number of amides is 1. The highest BCUT2D eigenvalue weighted by Gasteiger charge is 2.15. The first-order valence-corrected chi connectivity index (χ1v) is 6.85. The van der Waals surface area contributed by atoms with Crippen molar-refractivity contribution >= 4 is 11.9 Å². The fraction of sp³-hybridized carbons (Fsp3) is 0.846. The van der Waals surface area contributed by atoms with E-state index in [2.05, 4.69) is 10.2 Å². The molecule has 0 spiro atoms. The van der Waals surface area contributed by atoms with Crippen LogP contribution in [-0.4, -0.2) is 47.6 Å². The smallest absolute Gasteiger partial charge is 0.305 e. The topological polar surface area (TPSA) is 69.6 Å². The highest BCUT2D eigenvalue weighted by atomic mass is 16.4. The zero-order valence-corrected chi connectivity index (χ0v) is 11.2. The van der Waals surface area contributed by atoms with Gasteiger partial charge in [-0.3, -0.25) is 9.59 Å². The molecule has 104 valence electrons. The van der Waals surface area contributed by atoms with E-state index >= 15 is 0 Å². The fourth-order valence-electron chi connectivity index (χ4n) is 2.25. The van der Waals surface area contributed by atoms with Gasteiger partial charge in [0, 0.05) is 19.0 Å². The summed E-state index contributed by atoms with van der Waals surface area (Å²) in [7, 11) is 0. The van der Waals surface area contributed by atoms with Crippen LogP contribution in [-0.2, 0) is 9.59 Å². The summed E-state index contributed by atoms with van der Waals surface area (Å²) >= 11 is 0. The summed E-state index contributed by atoms with van der Waals surface area (Å²) < 4.78 is 0. The number of carboxylic acids is 1. The second-order valence-corrected chi connectivity index (χ2v) is 4.92. The lowest BCUT2D eigenvalue weighted by Crippen LogP contribution is -2.39. The molecule has 1 aliphatic heterocycles. The first-order chi connectivity index (χ1) is 8.61. The minimum absolute atomic E-state index is 0.00591. The van der Waals surface area contributed by atoms with Crippen LogP contribution < -0.4 is 5.32 Å². The fourth-order valence-corrected chi connectivity index (χ4v) is 2.25. The zero-order chi connectivity index (χ0) is 13.4. The van der Waals surface area contributed by atoms with E-state index in [9.17, 15) is 9.59 Å². The second kappa shape index (κ2) is 8.08. The number of nitrogens with zero attached hydrogens (tertiary/aromatic N) is 1. The lowest BCUT2D eigenvalue weighted by molar-refractivity contribution is -0.137. The van der Waals surface area contributed by atoms with Gasteiger partial charge in [-0.25, -0.2) is 0 Å². The zero-order valence-electron chi connectivity index (χ0n) is 11.2. The molecule has 1 rings (SSSR count). The molecule has 18 heavy (non-hydrogen) atoms. The monoisotopic (exact) mass is 256 g/mol. The Labute approximate surface area is 109 Å². The third kappa shape index (κ3) is 6.00. The molecule has 1 heterocycles. The molecule has 0 bridgehead atoms. The number of nitrogens with one attached hydrogen (secondary N) is 1. The van der Waals surface area contributed by atoms with Crippen molar-refractivity contribution in [1.29, 1.82) is 0 Å². The number of carboxylic acid groups (broad SMARTS) is 1. The van der Waals surface area contributed by atoms with Gasteiger partial charge in [-0.05, 0) is 32.4 Å². The number of aliphatic carboxylic acids is 1. The highest BCUT2D eigenvalue weighted by Crippen LogP contribution is 2.08. The Bertz CT molecular complexity index is 275. The molecule has 1 saturated heterocycles. The molecular weight excluding hydrogens is 232 g/mol. The van der Waals surface area contributed by atoms with Gasteiger partial charge < -0.3 is 15.3 Å². The van der Waals surface area contributed by atoms with Crippen molar-refractivity contribution in [1.82, 2.24) is 10.2 Å². The van der Waals surface area contributed by atoms with Gasteiger partial charge in [-0.1, -0.05) is 13.3 Å². The minimum atomic E-state index is -0.863. The lowest BCUT2D eigenvalue weighted by atomic mass is 10.1. The van der Waals surface area contributed by atoms with E-state index in [1.165, 1.54) is 19.3 Å². The van der Waals surface area contributed by atoms with E-state index in [-0.39, 0.29) is 18.4 Å². The molecule has 2 N–H and O–H groups in total. The Kier molecular flexibility index (Phi) is 6.72. The summed E-state index contributed by atoms with van der Waals surface area (Å²) in [4.78, 5) is 24.6. The molecule has 1 aliphatic rings. The van der Waals surface area contributed by atoms with Crippen LogP contribution in [0.1, 0.15) is 45.4 Å². The molecule has 5 heteroatoms. The summed E-state index contributed by atoms with van der Waals surface area (Å²) in [5.41, 5.74) is 0. The summed E-state index contributed by atoms with van der Waals surface area (Å²) in [6.07, 6.45) is 4.86. The van der Waals surface area contributed by atoms with Gasteiger partial charge in [0.25, 0.3) is 0 Å². The van der Waals surface area contributed by atoms with Gasteiger partial charge in [-0.15, -0.1) is 0 Å². The molecule has 0 aromatic carbocycles. The maximum Gasteiger partial charge on any atom is 0.305 e. The van der Waals surface area contributed by atoms with Crippen LogP contribution in [0.15, 0.2) is 0 Å². The standard InChI is InChI=1S/C13H24N2O3/c1-2-11(10-13(17)18)14-12(16)6-9-15-7-4-3-5-8-15/h11H,2-10H2,1H3,(H,14,16)(H,17,18). The Morgan fingerprint density at radius 2 is 1.94 bits per heavy atom. The second-order valence-electron chi connectivity index (χ2n) is 4.92. The van der Waals surface area contributed by atoms with E-state index in [0.717, 1.165) is 19.6 Å². The summed E-state index contributed by atoms with van der Waals surface area (Å²) in [6, 6.07) is -0.239. The van der Waals surface area contributed by atoms with Gasteiger partial charge in [0.15, 0.2) is 0 Å². The molecule has 1 atom stereocenters. The van der Waals surface area contributed by atoms with Crippen LogP contribution in [0.5, 0.6) is 0 Å². The van der Waals surface area contributed by atoms with Crippen molar-refractivity contribution in [3.05, 3.63) is 0 Å². The molecule has 1 amide bonds. The van der Waals surface area contributed by atoms with Gasteiger partial charge in [0.05, 0.1) is 6.42 Å². The number of hydrogen-bond acceptors (Lipinski definition) is 3. The highest BCUT2D eigenvalue weighted by molar-refractivity contribution is 5.77. The van der Waals surface area contributed by atoms with Crippen LogP contribution in [0.25, 0.3) is 0 Å². The number of likely N-dealkylation sites (tertiary alicyclic amines) is 1. The van der Waals surface area contributed by atoms with E-state index in [4.69, 9.17) is 5.11 Å². The van der Waals surface area contributed by atoms with Crippen molar-refractivity contribution in [3.8, 4) is 0 Å². The molecule has 0 saturated carbocycles. The van der Waals surface area contributed by atoms with Crippen molar-refractivity contribution in [3.63, 3.8) is 0 Å². The van der Waals surface area contributed by atoms with Gasteiger partial charge in [0.1, 0.15) is 0 Å². The Balaban J connectivity index is 2.20. The molecule has 0 aromatic rings. The van der Waals surface area contributed by atoms with Crippen LogP contribution in [0.4, 0.5) is 0 Å². The Morgan fingerprint density at radius 1 is 1.28 bits per heavy atom. The number of hydrogen-bond donors (Lipinski definition) is 2. The van der Waals surface area contributed by atoms with Crippen LogP contribution in [0.3, 0.4) is 0 Å². The molecule has 1 fully saturated rings. The van der Waals surface area contributed by atoms with Gasteiger partial charge in [0.2, 0.25) is 5.91 Å². The van der Waals surface area contributed by atoms with Crippen molar-refractivity contribution in [2.24, 2.45) is 0 Å². The molecule has 0 aromatic heterocycles. The van der Waals surface area contributed by atoms with Crippen LogP contribution in [0.2, 0.25) is 0 Å². The van der Waals surface area contributed by atoms with E-state index in [1.807, 2.05) is 6.92 Å². The van der Waals surface area contributed by atoms with Gasteiger partial charge >= 0.3 is 5.97 Å². The third-order valence-electron chi connectivity index (χ3n) is 3.38. The number of rotatable bonds is 7. The first kappa shape index (κ1) is 15.0. The average Bonchev–Trinajstić information content (AvgIpc) is 2.36. The predicted molar refractivity (Wildman–Crippen MR) is 69.4 cm³/mol. The normalized spacial score (nSPS) is 18.3. The Hall–Kier alpha value is -1.10.